The molecule has 150 valence electrons. The highest BCUT2D eigenvalue weighted by atomic mass is 35.5. The molecular weight excluding hydrogens is 408 g/mol. The lowest BCUT2D eigenvalue weighted by Crippen LogP contribution is -2.21. The molecule has 0 N–H and O–H groups in total. The number of aromatic nitrogens is 4. The van der Waals surface area contributed by atoms with Crippen molar-refractivity contribution in [3.8, 4) is 22.6 Å². The maximum absolute atomic E-state index is 11.6. The van der Waals surface area contributed by atoms with Crippen molar-refractivity contribution in [1.82, 2.24) is 19.4 Å². The van der Waals surface area contributed by atoms with E-state index in [2.05, 4.69) is 35.3 Å². The van der Waals surface area contributed by atoms with Gasteiger partial charge in [-0.05, 0) is 12.1 Å². The molecule has 6 rings (SSSR count). The van der Waals surface area contributed by atoms with Crippen LogP contribution in [0.15, 0.2) is 73.1 Å². The van der Waals surface area contributed by atoms with Crippen LogP contribution in [0.2, 0.25) is 5.15 Å². The van der Waals surface area contributed by atoms with Crippen molar-refractivity contribution in [2.24, 2.45) is 0 Å². The van der Waals surface area contributed by atoms with Crippen molar-refractivity contribution in [1.29, 1.82) is 0 Å². The van der Waals surface area contributed by atoms with Gasteiger partial charge in [0.2, 0.25) is 0 Å². The summed E-state index contributed by atoms with van der Waals surface area (Å²) in [7, 11) is 0. The molecule has 6 heteroatoms. The fourth-order valence-corrected chi connectivity index (χ4v) is 4.47. The largest absolute Gasteiger partial charge is 0.300 e. The van der Waals surface area contributed by atoms with Crippen molar-refractivity contribution in [2.45, 2.75) is 18.8 Å². The predicted molar refractivity (Wildman–Crippen MR) is 121 cm³/mol. The van der Waals surface area contributed by atoms with E-state index in [1.54, 1.807) is 6.20 Å². The van der Waals surface area contributed by atoms with E-state index in [0.29, 0.717) is 18.0 Å². The van der Waals surface area contributed by atoms with E-state index in [-0.39, 0.29) is 11.7 Å². The number of ketones is 1. The third kappa shape index (κ3) is 3.01. The molecule has 0 saturated heterocycles. The topological polar surface area (TPSA) is 60.2 Å². The number of hydrogen-bond donors (Lipinski definition) is 0. The molecule has 5 nitrogen and oxygen atoms in total. The maximum Gasteiger partial charge on any atom is 0.154 e. The van der Waals surface area contributed by atoms with Crippen LogP contribution >= 0.6 is 11.6 Å². The summed E-state index contributed by atoms with van der Waals surface area (Å²) in [5, 5.41) is 1.47. The van der Waals surface area contributed by atoms with Gasteiger partial charge in [-0.1, -0.05) is 60.1 Å². The fraction of sp³-hybridized carbons (Fsp3) is 0.120. The normalized spacial score (nSPS) is 14.3. The Morgan fingerprint density at radius 2 is 1.74 bits per heavy atom. The molecule has 3 heterocycles. The summed E-state index contributed by atoms with van der Waals surface area (Å²) in [4.78, 5) is 25.6. The Labute approximate surface area is 183 Å². The minimum Gasteiger partial charge on any atom is -0.300 e. The number of pyridine rings is 1. The average Bonchev–Trinajstić information content (AvgIpc) is 3.17. The monoisotopic (exact) mass is 424 g/mol. The molecule has 0 atom stereocenters. The van der Waals surface area contributed by atoms with Gasteiger partial charge in [0.05, 0.1) is 16.9 Å². The summed E-state index contributed by atoms with van der Waals surface area (Å²) in [5.41, 5.74) is 5.48. The molecule has 1 aliphatic carbocycles. The van der Waals surface area contributed by atoms with Gasteiger partial charge in [0, 0.05) is 47.7 Å². The number of halogens is 1. The molecule has 0 unspecified atom stereocenters. The molecule has 2 aromatic carbocycles. The number of hydrogen-bond acceptors (Lipinski definition) is 4. The Balaban J connectivity index is 1.52. The second-order valence-corrected chi connectivity index (χ2v) is 8.23. The standard InChI is InChI=1S/C25H17ClN4O/c26-24-23-22(18-12-19(31)13-18)29-25(30(23)11-10-27-24)17-7-6-16-8-9-20(28-21(16)14-17)15-4-2-1-3-5-15/h1-11,14,18H,12-13H2. The van der Waals surface area contributed by atoms with Crippen LogP contribution in [-0.4, -0.2) is 25.1 Å². The molecule has 0 radical (unpaired) electrons. The van der Waals surface area contributed by atoms with Crippen LogP contribution < -0.4 is 0 Å². The van der Waals surface area contributed by atoms with Crippen LogP contribution in [0.25, 0.3) is 39.1 Å². The first-order chi connectivity index (χ1) is 15.2. The highest BCUT2D eigenvalue weighted by molar-refractivity contribution is 6.32. The predicted octanol–water partition coefficient (Wildman–Crippen LogP) is 5.71. The lowest BCUT2D eigenvalue weighted by Gasteiger charge is -2.22. The van der Waals surface area contributed by atoms with Crippen LogP contribution in [0.4, 0.5) is 0 Å². The summed E-state index contributed by atoms with van der Waals surface area (Å²) in [6.45, 7) is 0. The van der Waals surface area contributed by atoms with E-state index in [4.69, 9.17) is 21.6 Å². The van der Waals surface area contributed by atoms with Gasteiger partial charge in [0.15, 0.2) is 5.15 Å². The van der Waals surface area contributed by atoms with Gasteiger partial charge in [-0.2, -0.15) is 0 Å². The fourth-order valence-electron chi connectivity index (χ4n) is 4.22. The third-order valence-electron chi connectivity index (χ3n) is 5.89. The second-order valence-electron chi connectivity index (χ2n) is 7.87. The van der Waals surface area contributed by atoms with Gasteiger partial charge >= 0.3 is 0 Å². The summed E-state index contributed by atoms with van der Waals surface area (Å²) in [5.74, 6) is 1.14. The molecule has 0 amide bonds. The Morgan fingerprint density at radius 3 is 2.55 bits per heavy atom. The number of imidazole rings is 1. The highest BCUT2D eigenvalue weighted by Gasteiger charge is 2.33. The maximum atomic E-state index is 11.6. The number of Topliss-reactive ketones (excluding diaryl/α,β-unsaturated/α-hetero) is 1. The smallest absolute Gasteiger partial charge is 0.154 e. The van der Waals surface area contributed by atoms with Crippen molar-refractivity contribution in [2.75, 3.05) is 0 Å². The number of carbonyl (C=O) groups is 1. The first-order valence-corrected chi connectivity index (χ1v) is 10.6. The Kier molecular flexibility index (Phi) is 4.11. The van der Waals surface area contributed by atoms with E-state index in [1.165, 1.54) is 0 Å². The zero-order valence-electron chi connectivity index (χ0n) is 16.5. The molecule has 3 aromatic heterocycles. The molecule has 1 aliphatic rings. The minimum atomic E-state index is 0.0983. The number of carbonyl (C=O) groups excluding carboxylic acids is 1. The Bertz CT molecular complexity index is 1470. The number of rotatable bonds is 3. The SMILES string of the molecule is O=C1CC(c2nc(-c3ccc4ccc(-c5ccccc5)nc4c3)n3ccnc(Cl)c23)C1. The number of nitrogens with zero attached hydrogens (tertiary/aromatic N) is 4. The lowest BCUT2D eigenvalue weighted by molar-refractivity contribution is -0.124. The molecule has 5 aromatic rings. The Morgan fingerprint density at radius 1 is 0.935 bits per heavy atom. The molecule has 1 fully saturated rings. The van der Waals surface area contributed by atoms with Crippen LogP contribution in [0.5, 0.6) is 0 Å². The van der Waals surface area contributed by atoms with Crippen LogP contribution in [0, 0.1) is 0 Å². The van der Waals surface area contributed by atoms with Gasteiger partial charge in [-0.15, -0.1) is 0 Å². The Hall–Kier alpha value is -3.57. The highest BCUT2D eigenvalue weighted by Crippen LogP contribution is 2.39. The summed E-state index contributed by atoms with van der Waals surface area (Å²) < 4.78 is 1.97. The number of fused-ring (bicyclic) bond motifs is 2. The van der Waals surface area contributed by atoms with E-state index in [0.717, 1.165) is 44.8 Å². The van der Waals surface area contributed by atoms with E-state index in [1.807, 2.05) is 40.9 Å². The van der Waals surface area contributed by atoms with Crippen molar-refractivity contribution >= 4 is 33.8 Å². The lowest BCUT2D eigenvalue weighted by atomic mass is 9.81. The molecule has 0 spiro atoms. The van der Waals surface area contributed by atoms with Gasteiger partial charge < -0.3 is 0 Å². The quantitative estimate of drug-likeness (QED) is 0.372. The second kappa shape index (κ2) is 7.00. The van der Waals surface area contributed by atoms with E-state index in [9.17, 15) is 4.79 Å². The molecule has 1 saturated carbocycles. The van der Waals surface area contributed by atoms with Crippen molar-refractivity contribution in [3.05, 3.63) is 83.9 Å². The van der Waals surface area contributed by atoms with Gasteiger partial charge in [0.1, 0.15) is 17.1 Å². The zero-order valence-corrected chi connectivity index (χ0v) is 17.3. The first kappa shape index (κ1) is 18.2. The molecular formula is C25H17ClN4O. The van der Waals surface area contributed by atoms with Gasteiger partial charge in [0.25, 0.3) is 0 Å². The van der Waals surface area contributed by atoms with E-state index >= 15 is 0 Å². The van der Waals surface area contributed by atoms with Gasteiger partial charge in [-0.3, -0.25) is 9.20 Å². The molecule has 0 bridgehead atoms. The van der Waals surface area contributed by atoms with Gasteiger partial charge in [-0.25, -0.2) is 15.0 Å². The molecule has 31 heavy (non-hydrogen) atoms. The van der Waals surface area contributed by atoms with Crippen LogP contribution in [-0.2, 0) is 4.79 Å². The zero-order chi connectivity index (χ0) is 20.9. The summed E-state index contributed by atoms with van der Waals surface area (Å²) >= 11 is 6.44. The molecule has 0 aliphatic heterocycles. The average molecular weight is 425 g/mol. The van der Waals surface area contributed by atoms with Crippen molar-refractivity contribution < 1.29 is 4.79 Å². The minimum absolute atomic E-state index is 0.0983. The summed E-state index contributed by atoms with van der Waals surface area (Å²) in [6.07, 6.45) is 4.56. The first-order valence-electron chi connectivity index (χ1n) is 10.2. The van der Waals surface area contributed by atoms with E-state index < -0.39 is 0 Å². The third-order valence-corrected chi connectivity index (χ3v) is 6.17. The van der Waals surface area contributed by atoms with Crippen molar-refractivity contribution in [3.63, 3.8) is 0 Å². The van der Waals surface area contributed by atoms with Crippen LogP contribution in [0.1, 0.15) is 24.5 Å². The number of benzene rings is 2. The summed E-state index contributed by atoms with van der Waals surface area (Å²) in [6, 6.07) is 20.4. The van der Waals surface area contributed by atoms with Crippen LogP contribution in [0.3, 0.4) is 0 Å².